The molecule has 4 rings (SSSR count). The average molecular weight is 503 g/mol. The first-order valence-corrected chi connectivity index (χ1v) is 11.7. The van der Waals surface area contributed by atoms with Gasteiger partial charge >= 0.3 is 5.63 Å². The number of hydrogen-bond donors (Lipinski definition) is 2. The molecule has 1 aromatic heterocycles. The number of fused-ring (bicyclic) bond motifs is 1. The lowest BCUT2D eigenvalue weighted by Gasteiger charge is -2.18. The minimum Gasteiger partial charge on any atom is -0.497 e. The molecule has 0 radical (unpaired) electrons. The topological polar surface area (TPSA) is 116 Å². The number of nitrogens with one attached hydrogen (secondary N) is 2. The highest BCUT2D eigenvalue weighted by Crippen LogP contribution is 2.37. The van der Waals surface area contributed by atoms with Gasteiger partial charge in [0.05, 0.1) is 31.7 Å². The highest BCUT2D eigenvalue weighted by molar-refractivity contribution is 6.08. The third-order valence-corrected chi connectivity index (χ3v) is 5.40. The Hall–Kier alpha value is -4.79. The highest BCUT2D eigenvalue weighted by atomic mass is 16.5. The second-order valence-electron chi connectivity index (χ2n) is 7.84. The lowest BCUT2D eigenvalue weighted by molar-refractivity contribution is 0.101. The first-order valence-electron chi connectivity index (χ1n) is 11.7. The second kappa shape index (κ2) is 11.3. The lowest BCUT2D eigenvalue weighted by atomic mass is 10.1. The zero-order valence-corrected chi connectivity index (χ0v) is 20.6. The van der Waals surface area contributed by atoms with Crippen LogP contribution in [0.2, 0.25) is 0 Å². The Morgan fingerprint density at radius 1 is 0.811 bits per heavy atom. The SMILES string of the molecule is CCOc1cc(NC(=O)c2cc3cc(OC)ccc3oc2=O)c(OCC)cc1NC(=O)c1ccccc1. The second-order valence-corrected chi connectivity index (χ2v) is 7.84. The van der Waals surface area contributed by atoms with Crippen LogP contribution in [0.5, 0.6) is 17.2 Å². The van der Waals surface area contributed by atoms with Crippen molar-refractivity contribution in [3.8, 4) is 17.2 Å². The van der Waals surface area contributed by atoms with Crippen molar-refractivity contribution in [2.45, 2.75) is 13.8 Å². The van der Waals surface area contributed by atoms with Crippen LogP contribution in [-0.2, 0) is 0 Å². The van der Waals surface area contributed by atoms with Gasteiger partial charge in [0.1, 0.15) is 28.4 Å². The van der Waals surface area contributed by atoms with E-state index in [9.17, 15) is 14.4 Å². The molecule has 0 saturated heterocycles. The molecule has 2 amide bonds. The molecule has 3 aromatic carbocycles. The monoisotopic (exact) mass is 502 g/mol. The van der Waals surface area contributed by atoms with Gasteiger partial charge in [-0.2, -0.15) is 0 Å². The van der Waals surface area contributed by atoms with Crippen LogP contribution in [-0.4, -0.2) is 32.1 Å². The van der Waals surface area contributed by atoms with Gasteiger partial charge in [-0.05, 0) is 50.2 Å². The van der Waals surface area contributed by atoms with Crippen LogP contribution in [0.4, 0.5) is 11.4 Å². The van der Waals surface area contributed by atoms with E-state index in [-0.39, 0.29) is 22.9 Å². The molecule has 0 aliphatic carbocycles. The molecule has 2 N–H and O–H groups in total. The van der Waals surface area contributed by atoms with Crippen molar-refractivity contribution in [1.82, 2.24) is 0 Å². The molecular formula is C28H26N2O7. The largest absolute Gasteiger partial charge is 0.497 e. The maximum atomic E-state index is 13.1. The maximum Gasteiger partial charge on any atom is 0.349 e. The quantitative estimate of drug-likeness (QED) is 0.306. The number of methoxy groups -OCH3 is 1. The van der Waals surface area contributed by atoms with Gasteiger partial charge in [0.2, 0.25) is 0 Å². The molecule has 37 heavy (non-hydrogen) atoms. The molecule has 0 aliphatic heterocycles. The number of carbonyl (C=O) groups excluding carboxylic acids is 2. The van der Waals surface area contributed by atoms with Crippen LogP contribution in [0.15, 0.2) is 75.9 Å². The van der Waals surface area contributed by atoms with E-state index in [1.165, 1.54) is 13.2 Å². The van der Waals surface area contributed by atoms with E-state index in [1.807, 2.05) is 6.07 Å². The molecular weight excluding hydrogens is 476 g/mol. The third-order valence-electron chi connectivity index (χ3n) is 5.40. The van der Waals surface area contributed by atoms with Crippen molar-refractivity contribution in [2.24, 2.45) is 0 Å². The molecule has 0 fully saturated rings. The van der Waals surface area contributed by atoms with Gasteiger partial charge in [0.15, 0.2) is 0 Å². The van der Waals surface area contributed by atoms with Gasteiger partial charge in [-0.1, -0.05) is 18.2 Å². The van der Waals surface area contributed by atoms with E-state index in [1.54, 1.807) is 68.4 Å². The maximum absolute atomic E-state index is 13.1. The Labute approximate surface area is 213 Å². The first kappa shape index (κ1) is 25.3. The van der Waals surface area contributed by atoms with E-state index < -0.39 is 11.5 Å². The summed E-state index contributed by atoms with van der Waals surface area (Å²) in [5.74, 6) is 0.143. The van der Waals surface area contributed by atoms with Crippen LogP contribution >= 0.6 is 0 Å². The smallest absolute Gasteiger partial charge is 0.349 e. The summed E-state index contributed by atoms with van der Waals surface area (Å²) in [5, 5.41) is 6.07. The first-order chi connectivity index (χ1) is 17.9. The van der Waals surface area contributed by atoms with Crippen molar-refractivity contribution in [3.05, 3.63) is 88.3 Å². The van der Waals surface area contributed by atoms with Crippen molar-refractivity contribution in [3.63, 3.8) is 0 Å². The number of rotatable bonds is 9. The Morgan fingerprint density at radius 2 is 1.43 bits per heavy atom. The lowest BCUT2D eigenvalue weighted by Crippen LogP contribution is -2.21. The predicted molar refractivity (Wildman–Crippen MR) is 140 cm³/mol. The summed E-state index contributed by atoms with van der Waals surface area (Å²) >= 11 is 0. The summed E-state index contributed by atoms with van der Waals surface area (Å²) in [6, 6.07) is 18.2. The summed E-state index contributed by atoms with van der Waals surface area (Å²) in [4.78, 5) is 38.4. The summed E-state index contributed by atoms with van der Waals surface area (Å²) in [5.41, 5.74) is 0.453. The van der Waals surface area contributed by atoms with Gasteiger partial charge in [-0.15, -0.1) is 0 Å². The van der Waals surface area contributed by atoms with Gasteiger partial charge in [-0.25, -0.2) is 4.79 Å². The Bertz CT molecular complexity index is 1500. The standard InChI is InChI=1S/C28H26N2O7/c1-4-35-24-16-22(25(36-5-2)15-21(24)29-26(31)17-9-7-6-8-10-17)30-27(32)20-14-18-13-19(34-3)11-12-23(18)37-28(20)33/h6-16H,4-5H2,1-3H3,(H,29,31)(H,30,32). The van der Waals surface area contributed by atoms with E-state index in [4.69, 9.17) is 18.6 Å². The molecule has 0 atom stereocenters. The van der Waals surface area contributed by atoms with Crippen LogP contribution in [0.3, 0.4) is 0 Å². The van der Waals surface area contributed by atoms with Gasteiger partial charge in [0, 0.05) is 23.1 Å². The third kappa shape index (κ3) is 5.72. The van der Waals surface area contributed by atoms with Crippen molar-refractivity contribution in [1.29, 1.82) is 0 Å². The molecule has 0 unspecified atom stereocenters. The van der Waals surface area contributed by atoms with Crippen molar-refractivity contribution in [2.75, 3.05) is 31.0 Å². The molecule has 0 bridgehead atoms. The van der Waals surface area contributed by atoms with E-state index >= 15 is 0 Å². The van der Waals surface area contributed by atoms with Gasteiger partial charge < -0.3 is 29.3 Å². The van der Waals surface area contributed by atoms with Crippen LogP contribution in [0.1, 0.15) is 34.6 Å². The summed E-state index contributed by atoms with van der Waals surface area (Å²) in [7, 11) is 1.52. The summed E-state index contributed by atoms with van der Waals surface area (Å²) < 4.78 is 22.0. The molecule has 9 heteroatoms. The molecule has 9 nitrogen and oxygen atoms in total. The Kier molecular flexibility index (Phi) is 7.73. The minimum absolute atomic E-state index is 0.192. The fourth-order valence-corrected chi connectivity index (χ4v) is 3.67. The van der Waals surface area contributed by atoms with E-state index in [0.29, 0.717) is 46.9 Å². The molecule has 190 valence electrons. The average Bonchev–Trinajstić information content (AvgIpc) is 2.90. The summed E-state index contributed by atoms with van der Waals surface area (Å²) in [6.45, 7) is 4.19. The number of ether oxygens (including phenoxy) is 3. The highest BCUT2D eigenvalue weighted by Gasteiger charge is 2.20. The van der Waals surface area contributed by atoms with Crippen molar-refractivity contribution < 1.29 is 28.2 Å². The normalized spacial score (nSPS) is 10.6. The molecule has 1 heterocycles. The molecule has 0 spiro atoms. The minimum atomic E-state index is -0.787. The van der Waals surface area contributed by atoms with Crippen LogP contribution < -0.4 is 30.5 Å². The Morgan fingerprint density at radius 3 is 2.03 bits per heavy atom. The molecule has 0 saturated carbocycles. The zero-order chi connectivity index (χ0) is 26.4. The number of amides is 2. The van der Waals surface area contributed by atoms with Gasteiger partial charge in [0.25, 0.3) is 11.8 Å². The zero-order valence-electron chi connectivity index (χ0n) is 20.6. The van der Waals surface area contributed by atoms with Gasteiger partial charge in [-0.3, -0.25) is 9.59 Å². The predicted octanol–water partition coefficient (Wildman–Crippen LogP) is 5.10. The number of benzene rings is 3. The van der Waals surface area contributed by atoms with Crippen LogP contribution in [0.25, 0.3) is 11.0 Å². The summed E-state index contributed by atoms with van der Waals surface area (Å²) in [6.07, 6.45) is 0. The number of hydrogen-bond acceptors (Lipinski definition) is 7. The number of carbonyl (C=O) groups is 2. The Balaban J connectivity index is 1.68. The van der Waals surface area contributed by atoms with Crippen molar-refractivity contribution >= 4 is 34.2 Å². The molecule has 0 aliphatic rings. The van der Waals surface area contributed by atoms with Crippen LogP contribution in [0, 0.1) is 0 Å². The fraction of sp³-hybridized carbons (Fsp3) is 0.179. The fourth-order valence-electron chi connectivity index (χ4n) is 3.67. The molecule has 4 aromatic rings. The van der Waals surface area contributed by atoms with E-state index in [0.717, 1.165) is 0 Å². The van der Waals surface area contributed by atoms with E-state index in [2.05, 4.69) is 10.6 Å². The number of anilines is 2.